The summed E-state index contributed by atoms with van der Waals surface area (Å²) in [5.41, 5.74) is 4.80. The van der Waals surface area contributed by atoms with Crippen LogP contribution in [0.3, 0.4) is 0 Å². The summed E-state index contributed by atoms with van der Waals surface area (Å²) in [6.07, 6.45) is 0. The van der Waals surface area contributed by atoms with E-state index in [1.165, 1.54) is 32.9 Å². The number of aromatic nitrogens is 1. The number of aromatic amines is 1. The molecule has 22 heavy (non-hydrogen) atoms. The van der Waals surface area contributed by atoms with E-state index < -0.39 is 0 Å². The Morgan fingerprint density at radius 1 is 0.773 bits per heavy atom. The zero-order chi connectivity index (χ0) is 15.1. The molecule has 0 spiro atoms. The smallest absolute Gasteiger partial charge is 0.0538 e. The standard InChI is InChI=1S/C20H18N2/c1-22(2)17-11-9-15(10-12-17)19-13-16-8-7-14-5-3-4-6-18(14)20(16)21-19/h3-13,21H,1-2H3. The third-order valence-corrected chi connectivity index (χ3v) is 4.22. The van der Waals surface area contributed by atoms with Crippen molar-refractivity contribution in [1.82, 2.24) is 4.98 Å². The predicted molar refractivity (Wildman–Crippen MR) is 95.6 cm³/mol. The Hall–Kier alpha value is -2.74. The fourth-order valence-corrected chi connectivity index (χ4v) is 2.97. The summed E-state index contributed by atoms with van der Waals surface area (Å²) in [5.74, 6) is 0. The molecule has 4 rings (SSSR count). The maximum absolute atomic E-state index is 3.59. The lowest BCUT2D eigenvalue weighted by Crippen LogP contribution is -2.07. The quantitative estimate of drug-likeness (QED) is 0.546. The van der Waals surface area contributed by atoms with E-state index in [9.17, 15) is 0 Å². The van der Waals surface area contributed by atoms with E-state index in [2.05, 4.69) is 90.7 Å². The number of hydrogen-bond acceptors (Lipinski definition) is 1. The topological polar surface area (TPSA) is 19.0 Å². The van der Waals surface area contributed by atoms with Crippen LogP contribution in [0.1, 0.15) is 0 Å². The predicted octanol–water partition coefficient (Wildman–Crippen LogP) is 5.05. The van der Waals surface area contributed by atoms with Crippen molar-refractivity contribution in [1.29, 1.82) is 0 Å². The van der Waals surface area contributed by atoms with Crippen LogP contribution in [-0.2, 0) is 0 Å². The zero-order valence-electron chi connectivity index (χ0n) is 12.8. The van der Waals surface area contributed by atoms with Crippen LogP contribution in [0.15, 0.2) is 66.7 Å². The van der Waals surface area contributed by atoms with Gasteiger partial charge in [0, 0.05) is 36.2 Å². The van der Waals surface area contributed by atoms with Gasteiger partial charge in [-0.2, -0.15) is 0 Å². The van der Waals surface area contributed by atoms with E-state index in [-0.39, 0.29) is 0 Å². The van der Waals surface area contributed by atoms with Crippen LogP contribution in [0.25, 0.3) is 32.9 Å². The van der Waals surface area contributed by atoms with E-state index in [0.29, 0.717) is 0 Å². The molecule has 0 saturated heterocycles. The Morgan fingerprint density at radius 3 is 2.27 bits per heavy atom. The molecular weight excluding hydrogens is 268 g/mol. The van der Waals surface area contributed by atoms with E-state index in [1.807, 2.05) is 0 Å². The van der Waals surface area contributed by atoms with Gasteiger partial charge in [-0.1, -0.05) is 48.5 Å². The van der Waals surface area contributed by atoms with Crippen LogP contribution in [0.5, 0.6) is 0 Å². The first-order chi connectivity index (χ1) is 10.7. The molecule has 1 aromatic heterocycles. The van der Waals surface area contributed by atoms with E-state index >= 15 is 0 Å². The van der Waals surface area contributed by atoms with Gasteiger partial charge in [0.1, 0.15) is 0 Å². The van der Waals surface area contributed by atoms with Gasteiger partial charge < -0.3 is 9.88 Å². The van der Waals surface area contributed by atoms with Crippen molar-refractivity contribution in [2.75, 3.05) is 19.0 Å². The molecular formula is C20H18N2. The van der Waals surface area contributed by atoms with Crippen molar-refractivity contribution < 1.29 is 0 Å². The van der Waals surface area contributed by atoms with Crippen LogP contribution < -0.4 is 4.90 Å². The van der Waals surface area contributed by atoms with Crippen LogP contribution in [-0.4, -0.2) is 19.1 Å². The molecule has 4 aromatic rings. The van der Waals surface area contributed by atoms with Crippen molar-refractivity contribution in [3.05, 3.63) is 66.7 Å². The van der Waals surface area contributed by atoms with Crippen LogP contribution >= 0.6 is 0 Å². The maximum Gasteiger partial charge on any atom is 0.0538 e. The minimum absolute atomic E-state index is 1.16. The van der Waals surface area contributed by atoms with Gasteiger partial charge in [0.2, 0.25) is 0 Å². The fraction of sp³-hybridized carbons (Fsp3) is 0.100. The lowest BCUT2D eigenvalue weighted by molar-refractivity contribution is 1.13. The Labute approximate surface area is 130 Å². The summed E-state index contributed by atoms with van der Waals surface area (Å²) >= 11 is 0. The van der Waals surface area contributed by atoms with Crippen molar-refractivity contribution >= 4 is 27.4 Å². The maximum atomic E-state index is 3.59. The number of hydrogen-bond donors (Lipinski definition) is 1. The fourth-order valence-electron chi connectivity index (χ4n) is 2.97. The van der Waals surface area contributed by atoms with Gasteiger partial charge in [-0.25, -0.2) is 0 Å². The zero-order valence-corrected chi connectivity index (χ0v) is 12.8. The first kappa shape index (κ1) is 13.0. The van der Waals surface area contributed by atoms with Crippen molar-refractivity contribution in [3.63, 3.8) is 0 Å². The molecule has 0 aliphatic heterocycles. The van der Waals surface area contributed by atoms with Crippen LogP contribution in [0.4, 0.5) is 5.69 Å². The largest absolute Gasteiger partial charge is 0.378 e. The molecule has 0 radical (unpaired) electrons. The molecule has 0 unspecified atom stereocenters. The number of H-pyrrole nitrogens is 1. The van der Waals surface area contributed by atoms with E-state index in [1.54, 1.807) is 0 Å². The number of rotatable bonds is 2. The van der Waals surface area contributed by atoms with Gasteiger partial charge in [0.25, 0.3) is 0 Å². The Balaban J connectivity index is 1.87. The molecule has 0 atom stereocenters. The monoisotopic (exact) mass is 286 g/mol. The molecule has 0 bridgehead atoms. The number of fused-ring (bicyclic) bond motifs is 3. The molecule has 0 amide bonds. The first-order valence-corrected chi connectivity index (χ1v) is 7.50. The summed E-state index contributed by atoms with van der Waals surface area (Å²) < 4.78 is 0. The SMILES string of the molecule is CN(C)c1ccc(-c2cc3ccc4ccccc4c3[nH]2)cc1. The summed E-state index contributed by atoms with van der Waals surface area (Å²) in [6, 6.07) is 23.7. The highest BCUT2D eigenvalue weighted by Crippen LogP contribution is 2.30. The van der Waals surface area contributed by atoms with Gasteiger partial charge in [0.05, 0.1) is 5.52 Å². The van der Waals surface area contributed by atoms with Gasteiger partial charge in [-0.3, -0.25) is 0 Å². The second-order valence-corrected chi connectivity index (χ2v) is 5.88. The first-order valence-electron chi connectivity index (χ1n) is 7.50. The van der Waals surface area contributed by atoms with Gasteiger partial charge >= 0.3 is 0 Å². The second-order valence-electron chi connectivity index (χ2n) is 5.88. The highest BCUT2D eigenvalue weighted by molar-refractivity contribution is 6.07. The molecule has 1 heterocycles. The third-order valence-electron chi connectivity index (χ3n) is 4.22. The highest BCUT2D eigenvalue weighted by atomic mass is 15.1. The molecule has 0 saturated carbocycles. The van der Waals surface area contributed by atoms with Gasteiger partial charge in [-0.15, -0.1) is 0 Å². The Morgan fingerprint density at radius 2 is 1.50 bits per heavy atom. The molecule has 1 N–H and O–H groups in total. The summed E-state index contributed by atoms with van der Waals surface area (Å²) in [7, 11) is 4.12. The minimum Gasteiger partial charge on any atom is -0.378 e. The van der Waals surface area contributed by atoms with Crippen LogP contribution in [0, 0.1) is 0 Å². The Kier molecular flexibility index (Phi) is 2.90. The third kappa shape index (κ3) is 2.04. The molecule has 0 aliphatic carbocycles. The second kappa shape index (κ2) is 4.92. The molecule has 0 aliphatic rings. The van der Waals surface area contributed by atoms with Crippen molar-refractivity contribution in [2.24, 2.45) is 0 Å². The van der Waals surface area contributed by atoms with Crippen molar-refractivity contribution in [3.8, 4) is 11.3 Å². The average Bonchev–Trinajstić information content (AvgIpc) is 2.99. The molecule has 108 valence electrons. The van der Waals surface area contributed by atoms with Gasteiger partial charge in [-0.05, 0) is 29.1 Å². The number of nitrogens with zero attached hydrogens (tertiary/aromatic N) is 1. The summed E-state index contributed by atoms with van der Waals surface area (Å²) in [4.78, 5) is 5.70. The molecule has 0 fully saturated rings. The summed E-state index contributed by atoms with van der Waals surface area (Å²) in [5, 5.41) is 3.80. The molecule has 2 nitrogen and oxygen atoms in total. The highest BCUT2D eigenvalue weighted by Gasteiger charge is 2.06. The normalized spacial score (nSPS) is 11.2. The molecule has 2 heteroatoms. The average molecular weight is 286 g/mol. The Bertz CT molecular complexity index is 946. The van der Waals surface area contributed by atoms with Gasteiger partial charge in [0.15, 0.2) is 0 Å². The molecule has 3 aromatic carbocycles. The number of benzene rings is 3. The van der Waals surface area contributed by atoms with Crippen molar-refractivity contribution in [2.45, 2.75) is 0 Å². The minimum atomic E-state index is 1.16. The lowest BCUT2D eigenvalue weighted by Gasteiger charge is -2.12. The number of anilines is 1. The number of nitrogens with one attached hydrogen (secondary N) is 1. The van der Waals surface area contributed by atoms with E-state index in [0.717, 1.165) is 5.69 Å². The van der Waals surface area contributed by atoms with Crippen LogP contribution in [0.2, 0.25) is 0 Å². The lowest BCUT2D eigenvalue weighted by atomic mass is 10.1. The van der Waals surface area contributed by atoms with E-state index in [4.69, 9.17) is 0 Å². The summed E-state index contributed by atoms with van der Waals surface area (Å²) in [6.45, 7) is 0.